The second-order valence-corrected chi connectivity index (χ2v) is 27.7. The topological polar surface area (TPSA) is 237 Å². The van der Waals surface area contributed by atoms with Gasteiger partial charge in [-0.05, 0) is 154 Å². The molecule has 17 nitrogen and oxygen atoms in total. The molecule has 100 heavy (non-hydrogen) atoms. The SMILES string of the molecule is CC/C=C\C/C=C\C/C=C\C/C=C\C/C=C\CCCCCC(=O)OCC(COP(=O)(O)OCC(O)COP(=O)(O)OCC(COC(=O)CCCCCCC/C=C\C/C=C\C/C=C\CC)OC(=O)CCCCCCC/C=C\C/C=C\C/C=C\CC)OC(=O)CCCCCCC/C=C\CCCC. The van der Waals surface area contributed by atoms with Gasteiger partial charge in [-0.3, -0.25) is 37.3 Å². The smallest absolute Gasteiger partial charge is 0.462 e. The van der Waals surface area contributed by atoms with Crippen molar-refractivity contribution in [3.05, 3.63) is 146 Å². The van der Waals surface area contributed by atoms with E-state index in [4.69, 9.17) is 37.0 Å². The lowest BCUT2D eigenvalue weighted by molar-refractivity contribution is -0.161. The van der Waals surface area contributed by atoms with Crippen LogP contribution in [0.3, 0.4) is 0 Å². The molecule has 0 aliphatic carbocycles. The molecule has 5 atom stereocenters. The zero-order valence-corrected chi connectivity index (χ0v) is 63.9. The Morgan fingerprint density at radius 3 is 0.820 bits per heavy atom. The average Bonchev–Trinajstić information content (AvgIpc) is 0.953. The minimum atomic E-state index is -4.99. The van der Waals surface area contributed by atoms with E-state index in [0.29, 0.717) is 25.7 Å². The number of phosphoric acid groups is 2. The summed E-state index contributed by atoms with van der Waals surface area (Å²) in [4.78, 5) is 72.8. The molecule has 0 amide bonds. The Hall–Kier alpha value is -5.06. The van der Waals surface area contributed by atoms with E-state index >= 15 is 0 Å². The number of carbonyl (C=O) groups is 4. The quantitative estimate of drug-likeness (QED) is 0.0169. The fourth-order valence-electron chi connectivity index (χ4n) is 9.55. The highest BCUT2D eigenvalue weighted by atomic mass is 31.2. The van der Waals surface area contributed by atoms with Crippen molar-refractivity contribution in [3.8, 4) is 0 Å². The number of phosphoric ester groups is 2. The maximum atomic E-state index is 13.1. The first-order valence-corrected chi connectivity index (χ1v) is 41.1. The van der Waals surface area contributed by atoms with Crippen LogP contribution in [0.2, 0.25) is 0 Å². The minimum Gasteiger partial charge on any atom is -0.462 e. The normalized spacial score (nSPS) is 14.8. The molecule has 0 aromatic carbocycles. The maximum absolute atomic E-state index is 13.1. The molecule has 0 heterocycles. The second kappa shape index (κ2) is 72.3. The number of esters is 4. The fraction of sp³-hybridized carbons (Fsp3) is 0.654. The molecule has 0 fully saturated rings. The highest BCUT2D eigenvalue weighted by Crippen LogP contribution is 2.45. The predicted molar refractivity (Wildman–Crippen MR) is 408 cm³/mol. The summed E-state index contributed by atoms with van der Waals surface area (Å²) in [6.07, 6.45) is 81.3. The number of ether oxygens (including phenoxy) is 4. The van der Waals surface area contributed by atoms with Crippen LogP contribution in [-0.2, 0) is 65.4 Å². The molecule has 0 bridgehead atoms. The number of hydrogen-bond acceptors (Lipinski definition) is 15. The first kappa shape index (κ1) is 94.9. The van der Waals surface area contributed by atoms with E-state index in [1.807, 2.05) is 0 Å². The van der Waals surface area contributed by atoms with E-state index in [1.165, 1.54) is 12.8 Å². The van der Waals surface area contributed by atoms with Gasteiger partial charge in [0, 0.05) is 25.7 Å². The second-order valence-electron chi connectivity index (χ2n) is 24.8. The summed E-state index contributed by atoms with van der Waals surface area (Å²) in [6.45, 7) is 4.39. The van der Waals surface area contributed by atoms with E-state index in [1.54, 1.807) is 0 Å². The summed E-state index contributed by atoms with van der Waals surface area (Å²) in [5.41, 5.74) is 0. The number of hydrogen-bond donors (Lipinski definition) is 3. The molecule has 0 aliphatic heterocycles. The van der Waals surface area contributed by atoms with Gasteiger partial charge in [-0.2, -0.15) is 0 Å². The van der Waals surface area contributed by atoms with Gasteiger partial charge in [0.2, 0.25) is 0 Å². The van der Waals surface area contributed by atoms with Gasteiger partial charge >= 0.3 is 39.5 Å². The van der Waals surface area contributed by atoms with Gasteiger partial charge in [-0.25, -0.2) is 9.13 Å². The molecule has 0 saturated heterocycles. The lowest BCUT2D eigenvalue weighted by Gasteiger charge is -2.21. The van der Waals surface area contributed by atoms with Crippen LogP contribution in [0, 0.1) is 0 Å². The molecule has 0 spiro atoms. The van der Waals surface area contributed by atoms with Crippen LogP contribution in [0.25, 0.3) is 0 Å². The van der Waals surface area contributed by atoms with Crippen LogP contribution in [0.4, 0.5) is 0 Å². The van der Waals surface area contributed by atoms with E-state index in [0.717, 1.165) is 193 Å². The highest BCUT2D eigenvalue weighted by molar-refractivity contribution is 7.47. The third kappa shape index (κ3) is 71.3. The number of allylic oxidation sites excluding steroid dienone is 24. The molecule has 5 unspecified atom stereocenters. The van der Waals surface area contributed by atoms with E-state index in [9.17, 15) is 43.2 Å². The Bertz CT molecular complexity index is 2470. The first-order chi connectivity index (χ1) is 48.7. The Balaban J connectivity index is 5.38. The predicted octanol–water partition coefficient (Wildman–Crippen LogP) is 21.9. The average molecular weight is 1440 g/mol. The molecule has 570 valence electrons. The van der Waals surface area contributed by atoms with Crippen LogP contribution < -0.4 is 0 Å². The first-order valence-electron chi connectivity index (χ1n) is 38.1. The van der Waals surface area contributed by atoms with Crippen molar-refractivity contribution in [3.63, 3.8) is 0 Å². The van der Waals surface area contributed by atoms with Crippen molar-refractivity contribution in [2.24, 2.45) is 0 Å². The van der Waals surface area contributed by atoms with Gasteiger partial charge in [0.05, 0.1) is 26.4 Å². The molecule has 0 saturated carbocycles. The summed E-state index contributed by atoms with van der Waals surface area (Å²) >= 11 is 0. The Labute approximate surface area is 605 Å². The molecule has 0 aliphatic rings. The Morgan fingerprint density at radius 2 is 0.520 bits per heavy atom. The number of rotatable bonds is 70. The van der Waals surface area contributed by atoms with Crippen molar-refractivity contribution in [2.45, 2.75) is 303 Å². The highest BCUT2D eigenvalue weighted by Gasteiger charge is 2.30. The third-order valence-electron chi connectivity index (χ3n) is 15.3. The van der Waals surface area contributed by atoms with Crippen LogP contribution in [0.1, 0.15) is 285 Å². The van der Waals surface area contributed by atoms with Gasteiger partial charge in [0.15, 0.2) is 12.2 Å². The Morgan fingerprint density at radius 1 is 0.290 bits per heavy atom. The molecular formula is C81H134O17P2. The van der Waals surface area contributed by atoms with Crippen LogP contribution >= 0.6 is 15.6 Å². The van der Waals surface area contributed by atoms with Crippen LogP contribution in [-0.4, -0.2) is 96.7 Å². The third-order valence-corrected chi connectivity index (χ3v) is 17.2. The van der Waals surface area contributed by atoms with E-state index < -0.39 is 97.5 Å². The zero-order valence-electron chi connectivity index (χ0n) is 62.1. The van der Waals surface area contributed by atoms with Gasteiger partial charge in [0.1, 0.15) is 19.3 Å². The summed E-state index contributed by atoms with van der Waals surface area (Å²) in [6, 6.07) is 0. The van der Waals surface area contributed by atoms with E-state index in [-0.39, 0.29) is 25.7 Å². The van der Waals surface area contributed by atoms with Gasteiger partial charge in [-0.15, -0.1) is 0 Å². The van der Waals surface area contributed by atoms with Crippen molar-refractivity contribution in [2.75, 3.05) is 39.6 Å². The molecule has 3 N–H and O–H groups in total. The van der Waals surface area contributed by atoms with Crippen molar-refractivity contribution in [1.82, 2.24) is 0 Å². The lowest BCUT2D eigenvalue weighted by atomic mass is 10.1. The fourth-order valence-corrected chi connectivity index (χ4v) is 11.1. The zero-order chi connectivity index (χ0) is 73.2. The van der Waals surface area contributed by atoms with Crippen LogP contribution in [0.15, 0.2) is 146 Å². The molecule has 0 aromatic rings. The number of unbranched alkanes of at least 4 members (excludes halogenated alkanes) is 20. The Kier molecular flexibility index (Phi) is 68.6. The van der Waals surface area contributed by atoms with E-state index in [2.05, 4.69) is 174 Å². The largest absolute Gasteiger partial charge is 0.472 e. The molecular weight excluding hydrogens is 1310 g/mol. The number of aliphatic hydroxyl groups is 1. The standard InChI is InChI=1S/C81H134O17P2/c1-5-9-13-17-21-25-29-32-35-36-37-38-41-43-47-50-54-58-62-66-79(84)91-71-76(97-80(85)67-63-59-55-51-45-28-24-20-16-12-8-4)73-95-99(87,88)93-69-75(82)70-94-100(89,90)96-74-77(98-81(86)68-64-60-56-52-48-44-40-34-31-27-23-19-15-11-7-3)72-92-78(83)65-61-57-53-49-46-42-39-33-30-26-22-18-14-10-6-2/h9-11,13-15,20-27,32-35,37-40,43,47,75-77,82H,5-8,12,16-19,28-31,36,41-42,44-46,48-74H2,1-4H3,(H,87,88)(H,89,90)/b13-9-,14-10-,15-11-,24-20-,25-21-,26-22-,27-23-,35-32-,38-37-,39-33-,40-34-,47-43-. The summed E-state index contributed by atoms with van der Waals surface area (Å²) in [5.74, 6) is -2.27. The van der Waals surface area contributed by atoms with Crippen molar-refractivity contribution < 1.29 is 80.2 Å². The summed E-state index contributed by atoms with van der Waals surface area (Å²) in [7, 11) is -9.98. The maximum Gasteiger partial charge on any atom is 0.472 e. The van der Waals surface area contributed by atoms with Gasteiger partial charge < -0.3 is 33.8 Å². The molecule has 0 aromatic heterocycles. The van der Waals surface area contributed by atoms with Crippen molar-refractivity contribution >= 4 is 39.5 Å². The van der Waals surface area contributed by atoms with Crippen molar-refractivity contribution in [1.29, 1.82) is 0 Å². The summed E-state index contributed by atoms with van der Waals surface area (Å²) in [5, 5.41) is 10.6. The molecule has 0 radical (unpaired) electrons. The summed E-state index contributed by atoms with van der Waals surface area (Å²) < 4.78 is 68.4. The molecule has 19 heteroatoms. The van der Waals surface area contributed by atoms with Gasteiger partial charge in [-0.1, -0.05) is 251 Å². The van der Waals surface area contributed by atoms with Crippen LogP contribution in [0.5, 0.6) is 0 Å². The lowest BCUT2D eigenvalue weighted by Crippen LogP contribution is -2.30. The number of aliphatic hydroxyl groups excluding tert-OH is 1. The monoisotopic (exact) mass is 1440 g/mol. The molecule has 0 rings (SSSR count). The minimum absolute atomic E-state index is 0.0669. The number of carbonyl (C=O) groups excluding carboxylic acids is 4. The van der Waals surface area contributed by atoms with Gasteiger partial charge in [0.25, 0.3) is 0 Å².